The number of nitrogen functional groups attached to an aromatic ring is 1. The zero-order valence-corrected chi connectivity index (χ0v) is 19.2. The minimum atomic E-state index is 0.0632. The third-order valence-corrected chi connectivity index (χ3v) is 5.58. The molecule has 0 unspecified atom stereocenters. The van der Waals surface area contributed by atoms with Crippen molar-refractivity contribution in [2.45, 2.75) is 6.42 Å². The summed E-state index contributed by atoms with van der Waals surface area (Å²) in [5, 5.41) is 9.75. The molecular weight excluding hydrogens is 424 g/mol. The van der Waals surface area contributed by atoms with E-state index < -0.39 is 0 Å². The zero-order chi connectivity index (χ0) is 23.9. The highest BCUT2D eigenvalue weighted by molar-refractivity contribution is 5.95. The predicted molar refractivity (Wildman–Crippen MR) is 138 cm³/mol. The van der Waals surface area contributed by atoms with Gasteiger partial charge >= 0.3 is 0 Å². The van der Waals surface area contributed by atoms with Gasteiger partial charge in [0.05, 0.1) is 7.11 Å². The molecule has 0 aromatic heterocycles. The van der Waals surface area contributed by atoms with Crippen LogP contribution in [-0.4, -0.2) is 26.2 Å². The second-order valence-electron chi connectivity index (χ2n) is 7.88. The molecule has 4 aromatic carbocycles. The molecule has 0 aliphatic rings. The third kappa shape index (κ3) is 5.38. The number of hydrogen-bond donors (Lipinski definition) is 2. The Bertz CT molecular complexity index is 1310. The molecule has 0 aliphatic carbocycles. The fraction of sp³-hybridized carbons (Fsp3) is 0.138. The number of ether oxygens (including phenoxy) is 3. The van der Waals surface area contributed by atoms with Crippen LogP contribution in [0.4, 0.5) is 0 Å². The molecule has 0 spiro atoms. The average Bonchev–Trinajstić information content (AvgIpc) is 2.87. The van der Waals surface area contributed by atoms with Gasteiger partial charge in [0.15, 0.2) is 0 Å². The second-order valence-corrected chi connectivity index (χ2v) is 7.88. The highest BCUT2D eigenvalue weighted by Gasteiger charge is 2.07. The Labute approximate surface area is 199 Å². The number of nitrogens with two attached hydrogens (primary N) is 1. The molecule has 34 heavy (non-hydrogen) atoms. The minimum Gasteiger partial charge on any atom is -0.497 e. The Kier molecular flexibility index (Phi) is 7.13. The van der Waals surface area contributed by atoms with Crippen LogP contribution in [0.2, 0.25) is 0 Å². The molecular formula is C29H28N2O3. The van der Waals surface area contributed by atoms with E-state index in [2.05, 4.69) is 12.6 Å². The quantitative estimate of drug-likeness (QED) is 0.134. The zero-order valence-electron chi connectivity index (χ0n) is 19.2. The van der Waals surface area contributed by atoms with Crippen LogP contribution in [0.3, 0.4) is 0 Å². The van der Waals surface area contributed by atoms with Gasteiger partial charge in [0, 0.05) is 5.56 Å². The maximum Gasteiger partial charge on any atom is 0.123 e. The number of fused-ring (bicyclic) bond motifs is 1. The lowest BCUT2D eigenvalue weighted by atomic mass is 9.99. The van der Waals surface area contributed by atoms with Crippen LogP contribution >= 0.6 is 0 Å². The number of hydrogen-bond acceptors (Lipinski definition) is 4. The van der Waals surface area contributed by atoms with Gasteiger partial charge in [0.25, 0.3) is 0 Å². The Morgan fingerprint density at radius 1 is 0.824 bits per heavy atom. The van der Waals surface area contributed by atoms with Crippen molar-refractivity contribution >= 4 is 16.6 Å². The molecule has 0 heterocycles. The molecule has 0 fully saturated rings. The summed E-state index contributed by atoms with van der Waals surface area (Å²) in [5.74, 6) is 2.49. The Morgan fingerprint density at radius 3 is 2.21 bits per heavy atom. The van der Waals surface area contributed by atoms with Crippen molar-refractivity contribution in [1.29, 1.82) is 5.41 Å². The first kappa shape index (κ1) is 22.9. The average molecular weight is 453 g/mol. The Hall–Kier alpha value is -4.25. The van der Waals surface area contributed by atoms with E-state index in [9.17, 15) is 0 Å². The number of amidine groups is 1. The van der Waals surface area contributed by atoms with E-state index in [0.29, 0.717) is 25.2 Å². The lowest BCUT2D eigenvalue weighted by Gasteiger charge is -2.14. The van der Waals surface area contributed by atoms with E-state index in [0.717, 1.165) is 44.7 Å². The number of rotatable bonds is 10. The van der Waals surface area contributed by atoms with Crippen molar-refractivity contribution in [2.24, 2.45) is 5.73 Å². The molecule has 0 saturated carbocycles. The van der Waals surface area contributed by atoms with Crippen molar-refractivity contribution in [3.05, 3.63) is 103 Å². The monoisotopic (exact) mass is 452 g/mol. The topological polar surface area (TPSA) is 77.6 Å². The molecule has 0 bridgehead atoms. The second kappa shape index (κ2) is 10.6. The summed E-state index contributed by atoms with van der Waals surface area (Å²) >= 11 is 0. The van der Waals surface area contributed by atoms with E-state index in [4.69, 9.17) is 25.4 Å². The largest absolute Gasteiger partial charge is 0.497 e. The van der Waals surface area contributed by atoms with Gasteiger partial charge in [-0.1, -0.05) is 48.5 Å². The van der Waals surface area contributed by atoms with Crippen molar-refractivity contribution in [2.75, 3.05) is 20.3 Å². The van der Waals surface area contributed by atoms with Crippen LogP contribution < -0.4 is 19.9 Å². The van der Waals surface area contributed by atoms with Gasteiger partial charge in [-0.15, -0.1) is 6.58 Å². The van der Waals surface area contributed by atoms with Crippen LogP contribution in [0.1, 0.15) is 11.1 Å². The summed E-state index contributed by atoms with van der Waals surface area (Å²) in [6, 6.07) is 25.8. The summed E-state index contributed by atoms with van der Waals surface area (Å²) in [7, 11) is 1.66. The number of allylic oxidation sites excluding steroid dienone is 1. The highest BCUT2D eigenvalue weighted by atomic mass is 16.5. The van der Waals surface area contributed by atoms with E-state index in [1.807, 2.05) is 78.9 Å². The summed E-state index contributed by atoms with van der Waals surface area (Å²) < 4.78 is 17.3. The molecule has 0 saturated heterocycles. The molecule has 4 rings (SSSR count). The van der Waals surface area contributed by atoms with Gasteiger partial charge in [0.2, 0.25) is 0 Å². The van der Waals surface area contributed by atoms with Gasteiger partial charge in [-0.2, -0.15) is 0 Å². The molecule has 172 valence electrons. The smallest absolute Gasteiger partial charge is 0.123 e. The van der Waals surface area contributed by atoms with Crippen LogP contribution in [0, 0.1) is 5.41 Å². The third-order valence-electron chi connectivity index (χ3n) is 5.58. The molecule has 0 atom stereocenters. The predicted octanol–water partition coefficient (Wildman–Crippen LogP) is 5.99. The van der Waals surface area contributed by atoms with Crippen molar-refractivity contribution < 1.29 is 14.2 Å². The van der Waals surface area contributed by atoms with Gasteiger partial charge in [-0.05, 0) is 70.3 Å². The maximum atomic E-state index is 7.55. The number of benzene rings is 4. The molecule has 3 N–H and O–H groups in total. The maximum absolute atomic E-state index is 7.55. The summed E-state index contributed by atoms with van der Waals surface area (Å²) in [6.45, 7) is 4.73. The Balaban J connectivity index is 1.40. The lowest BCUT2D eigenvalue weighted by molar-refractivity contribution is 0.216. The standard InChI is InChI=1S/C29H28N2O3/c1-3-4-24-17-23(20-5-7-22(8-6-20)29(30)31)11-14-28(24)34-16-15-33-27-13-10-21-9-12-26(32-2)18-25(21)19-27/h3,5-14,17-19H,1,4,15-16H2,2H3,(H3,30,31). The first-order valence-corrected chi connectivity index (χ1v) is 11.1. The van der Waals surface area contributed by atoms with Gasteiger partial charge in [0.1, 0.15) is 36.3 Å². The summed E-state index contributed by atoms with van der Waals surface area (Å²) in [6.07, 6.45) is 2.56. The van der Waals surface area contributed by atoms with E-state index in [1.54, 1.807) is 7.11 Å². The summed E-state index contributed by atoms with van der Waals surface area (Å²) in [5.41, 5.74) is 9.45. The van der Waals surface area contributed by atoms with E-state index in [-0.39, 0.29) is 5.84 Å². The van der Waals surface area contributed by atoms with Gasteiger partial charge < -0.3 is 19.9 Å². The van der Waals surface area contributed by atoms with E-state index >= 15 is 0 Å². The molecule has 0 radical (unpaired) electrons. The van der Waals surface area contributed by atoms with Crippen molar-refractivity contribution in [3.63, 3.8) is 0 Å². The molecule has 5 heteroatoms. The lowest BCUT2D eigenvalue weighted by Crippen LogP contribution is -2.10. The minimum absolute atomic E-state index is 0.0632. The van der Waals surface area contributed by atoms with Gasteiger partial charge in [-0.3, -0.25) is 5.41 Å². The first-order valence-electron chi connectivity index (χ1n) is 11.1. The SMILES string of the molecule is C=CCc1cc(-c2ccc(C(=N)N)cc2)ccc1OCCOc1ccc2ccc(OC)cc2c1. The molecule has 4 aromatic rings. The van der Waals surface area contributed by atoms with Gasteiger partial charge in [-0.25, -0.2) is 0 Å². The molecule has 5 nitrogen and oxygen atoms in total. The normalized spacial score (nSPS) is 10.6. The fourth-order valence-corrected chi connectivity index (χ4v) is 3.79. The van der Waals surface area contributed by atoms with Crippen LogP contribution in [0.5, 0.6) is 17.2 Å². The van der Waals surface area contributed by atoms with Crippen LogP contribution in [0.15, 0.2) is 91.5 Å². The molecule has 0 aliphatic heterocycles. The highest BCUT2D eigenvalue weighted by Crippen LogP contribution is 2.28. The first-order chi connectivity index (χ1) is 16.6. The van der Waals surface area contributed by atoms with E-state index in [1.165, 1.54) is 0 Å². The molecule has 0 amide bonds. The van der Waals surface area contributed by atoms with Crippen LogP contribution in [-0.2, 0) is 6.42 Å². The van der Waals surface area contributed by atoms with Crippen LogP contribution in [0.25, 0.3) is 21.9 Å². The fourth-order valence-electron chi connectivity index (χ4n) is 3.79. The summed E-state index contributed by atoms with van der Waals surface area (Å²) in [4.78, 5) is 0. The Morgan fingerprint density at radius 2 is 1.50 bits per heavy atom. The van der Waals surface area contributed by atoms with Crippen molar-refractivity contribution in [3.8, 4) is 28.4 Å². The van der Waals surface area contributed by atoms with Crippen molar-refractivity contribution in [1.82, 2.24) is 0 Å². The number of methoxy groups -OCH3 is 1. The number of nitrogens with one attached hydrogen (secondary N) is 1.